The standard InChI is InChI=1S/C37H25F8N7O2/c38-23-9-20(10-24(39)13-23)11-28(50-29(53)17-52-33-30(32(51-52)34(40)41)36(42,43)7-8-37(33,44)45)31-26(21-2-3-22-16-48-35(54)27(22)12-21)6-5-25(49-31)4-1-19-14-46-18-47-15-19/h2-3,5-6,9-10,12-15,18,28,34H,7-8,11,16-17H2,(H,48,54)(H,50,53). The molecule has 7 rings (SSSR count). The lowest BCUT2D eigenvalue weighted by Crippen LogP contribution is -2.37. The number of nitrogens with one attached hydrogen (secondary N) is 2. The van der Waals surface area contributed by atoms with Gasteiger partial charge < -0.3 is 10.6 Å². The van der Waals surface area contributed by atoms with E-state index in [2.05, 4.69) is 42.5 Å². The van der Waals surface area contributed by atoms with Crippen LogP contribution in [0, 0.1) is 23.5 Å². The zero-order valence-corrected chi connectivity index (χ0v) is 27.6. The van der Waals surface area contributed by atoms with E-state index in [9.17, 15) is 35.9 Å². The summed E-state index contributed by atoms with van der Waals surface area (Å²) in [5, 5.41) is 8.62. The summed E-state index contributed by atoms with van der Waals surface area (Å²) >= 11 is 0. The maximum atomic E-state index is 15.1. The summed E-state index contributed by atoms with van der Waals surface area (Å²) in [4.78, 5) is 38.8. The van der Waals surface area contributed by atoms with Gasteiger partial charge in [-0.3, -0.25) is 14.3 Å². The lowest BCUT2D eigenvalue weighted by molar-refractivity contribution is -0.123. The third-order valence-electron chi connectivity index (χ3n) is 8.90. The molecular formula is C37H25F8N7O2. The van der Waals surface area contributed by atoms with Crippen molar-refractivity contribution in [2.75, 3.05) is 0 Å². The second kappa shape index (κ2) is 14.0. The van der Waals surface area contributed by atoms with Crippen molar-refractivity contribution in [1.82, 2.24) is 35.4 Å². The van der Waals surface area contributed by atoms with Crippen molar-refractivity contribution in [3.63, 3.8) is 0 Å². The fraction of sp³-hybridized carbons (Fsp3) is 0.243. The molecule has 5 aromatic rings. The number of fused-ring (bicyclic) bond motifs is 2. The van der Waals surface area contributed by atoms with E-state index in [4.69, 9.17) is 0 Å². The Kier molecular flexibility index (Phi) is 9.38. The Morgan fingerprint density at radius 2 is 1.63 bits per heavy atom. The summed E-state index contributed by atoms with van der Waals surface area (Å²) in [6.07, 6.45) is -2.64. The van der Waals surface area contributed by atoms with Crippen LogP contribution >= 0.6 is 0 Å². The Labute approximate surface area is 300 Å². The molecule has 0 saturated carbocycles. The van der Waals surface area contributed by atoms with Crippen LogP contribution in [0.1, 0.15) is 80.7 Å². The molecule has 2 aromatic carbocycles. The lowest BCUT2D eigenvalue weighted by atomic mass is 9.89. The third-order valence-corrected chi connectivity index (χ3v) is 8.90. The molecule has 0 bridgehead atoms. The second-order valence-electron chi connectivity index (χ2n) is 12.6. The van der Waals surface area contributed by atoms with Crippen LogP contribution in [0.15, 0.2) is 67.3 Å². The van der Waals surface area contributed by atoms with E-state index < -0.39 is 78.2 Å². The minimum atomic E-state index is -4.07. The molecule has 1 atom stereocenters. The zero-order valence-electron chi connectivity index (χ0n) is 27.6. The number of carbonyl (C=O) groups excluding carboxylic acids is 2. The topological polar surface area (TPSA) is 115 Å². The molecule has 276 valence electrons. The first-order chi connectivity index (χ1) is 25.7. The summed E-state index contributed by atoms with van der Waals surface area (Å²) in [5.74, 6) is -5.83. The number of halogens is 8. The van der Waals surface area contributed by atoms with Gasteiger partial charge in [-0.25, -0.2) is 41.3 Å². The highest BCUT2D eigenvalue weighted by molar-refractivity contribution is 5.99. The van der Waals surface area contributed by atoms with E-state index in [-0.39, 0.29) is 40.5 Å². The minimum Gasteiger partial charge on any atom is -0.348 e. The van der Waals surface area contributed by atoms with E-state index in [1.165, 1.54) is 24.8 Å². The monoisotopic (exact) mass is 751 g/mol. The van der Waals surface area contributed by atoms with Gasteiger partial charge in [0, 0.05) is 49.0 Å². The van der Waals surface area contributed by atoms with E-state index >= 15 is 8.78 Å². The molecular weight excluding hydrogens is 726 g/mol. The first-order valence-corrected chi connectivity index (χ1v) is 16.3. The second-order valence-corrected chi connectivity index (χ2v) is 12.6. The maximum Gasteiger partial charge on any atom is 0.290 e. The van der Waals surface area contributed by atoms with E-state index in [0.29, 0.717) is 33.9 Å². The molecule has 2 aliphatic rings. The van der Waals surface area contributed by atoms with Crippen LogP contribution in [0.3, 0.4) is 0 Å². The molecule has 1 aliphatic heterocycles. The van der Waals surface area contributed by atoms with E-state index in [0.717, 1.165) is 12.1 Å². The van der Waals surface area contributed by atoms with Crippen molar-refractivity contribution in [2.45, 2.75) is 56.7 Å². The summed E-state index contributed by atoms with van der Waals surface area (Å²) in [5.41, 5.74) is -2.31. The average Bonchev–Trinajstić information content (AvgIpc) is 3.71. The Morgan fingerprint density at radius 3 is 2.35 bits per heavy atom. The molecule has 1 unspecified atom stereocenters. The first-order valence-electron chi connectivity index (χ1n) is 16.3. The third kappa shape index (κ3) is 7.23. The molecule has 2 N–H and O–H groups in total. The molecule has 0 fully saturated rings. The van der Waals surface area contributed by atoms with Gasteiger partial charge in [0.15, 0.2) is 0 Å². The summed E-state index contributed by atoms with van der Waals surface area (Å²) in [7, 11) is 0. The molecule has 4 heterocycles. The van der Waals surface area contributed by atoms with Gasteiger partial charge in [0.1, 0.15) is 41.6 Å². The van der Waals surface area contributed by atoms with Gasteiger partial charge in [-0.2, -0.15) is 13.9 Å². The largest absolute Gasteiger partial charge is 0.348 e. The van der Waals surface area contributed by atoms with Crippen LogP contribution in [0.4, 0.5) is 35.1 Å². The number of amides is 2. The number of aromatic nitrogens is 5. The molecule has 2 amide bonds. The maximum absolute atomic E-state index is 15.1. The van der Waals surface area contributed by atoms with E-state index in [1.807, 2.05) is 0 Å². The van der Waals surface area contributed by atoms with Gasteiger partial charge >= 0.3 is 0 Å². The number of benzene rings is 2. The van der Waals surface area contributed by atoms with Crippen molar-refractivity contribution in [2.24, 2.45) is 0 Å². The smallest absolute Gasteiger partial charge is 0.290 e. The molecule has 0 radical (unpaired) electrons. The summed E-state index contributed by atoms with van der Waals surface area (Å²) < 4.78 is 117. The van der Waals surface area contributed by atoms with Crippen LogP contribution in [0.5, 0.6) is 0 Å². The molecule has 3 aromatic heterocycles. The number of hydrogen-bond acceptors (Lipinski definition) is 6. The Morgan fingerprint density at radius 1 is 0.907 bits per heavy atom. The minimum absolute atomic E-state index is 0.0134. The predicted octanol–water partition coefficient (Wildman–Crippen LogP) is 6.67. The number of nitrogens with zero attached hydrogens (tertiary/aromatic N) is 5. The molecule has 0 spiro atoms. The van der Waals surface area contributed by atoms with Gasteiger partial charge in [-0.1, -0.05) is 18.1 Å². The average molecular weight is 752 g/mol. The predicted molar refractivity (Wildman–Crippen MR) is 174 cm³/mol. The van der Waals surface area contributed by atoms with Crippen molar-refractivity contribution in [3.8, 4) is 23.0 Å². The van der Waals surface area contributed by atoms with Gasteiger partial charge in [-0.15, -0.1) is 0 Å². The van der Waals surface area contributed by atoms with Crippen LogP contribution in [0.25, 0.3) is 11.1 Å². The molecule has 9 nitrogen and oxygen atoms in total. The van der Waals surface area contributed by atoms with Gasteiger partial charge in [-0.05, 0) is 59.4 Å². The van der Waals surface area contributed by atoms with Crippen LogP contribution in [0.2, 0.25) is 0 Å². The molecule has 0 saturated heterocycles. The summed E-state index contributed by atoms with van der Waals surface area (Å²) in [6, 6.07) is 9.32. The zero-order chi connectivity index (χ0) is 38.4. The van der Waals surface area contributed by atoms with Crippen molar-refractivity contribution >= 4 is 11.8 Å². The Bertz CT molecular complexity index is 2340. The lowest BCUT2D eigenvalue weighted by Gasteiger charge is -2.29. The fourth-order valence-electron chi connectivity index (χ4n) is 6.53. The van der Waals surface area contributed by atoms with Crippen LogP contribution in [-0.2, 0) is 36.1 Å². The molecule has 1 aliphatic carbocycles. The highest BCUT2D eigenvalue weighted by Crippen LogP contribution is 2.52. The number of alkyl halides is 6. The number of pyridine rings is 1. The van der Waals surface area contributed by atoms with Crippen molar-refractivity contribution < 1.29 is 44.7 Å². The quantitative estimate of drug-likeness (QED) is 0.135. The number of rotatable bonds is 8. The SMILES string of the molecule is O=C(Cn1nc(C(F)F)c2c1C(F)(F)CCC2(F)F)NC(Cc1cc(F)cc(F)c1)c1nc(C#Cc2cncnc2)ccc1-c1ccc2c(c1)C(=O)NC2. The van der Waals surface area contributed by atoms with Crippen LogP contribution < -0.4 is 10.6 Å². The molecule has 54 heavy (non-hydrogen) atoms. The Hall–Kier alpha value is -6.18. The first kappa shape index (κ1) is 36.2. The fourth-order valence-corrected chi connectivity index (χ4v) is 6.53. The highest BCUT2D eigenvalue weighted by atomic mass is 19.3. The highest BCUT2D eigenvalue weighted by Gasteiger charge is 2.55. The van der Waals surface area contributed by atoms with Crippen LogP contribution in [-0.4, -0.2) is 36.5 Å². The Balaban J connectivity index is 1.34. The van der Waals surface area contributed by atoms with Crippen molar-refractivity contribution in [3.05, 3.63) is 129 Å². The summed E-state index contributed by atoms with van der Waals surface area (Å²) in [6.45, 7) is -0.924. The van der Waals surface area contributed by atoms with E-state index in [1.54, 1.807) is 24.3 Å². The normalized spacial score (nSPS) is 15.8. The number of hydrogen-bond donors (Lipinski definition) is 2. The number of carbonyl (C=O) groups is 2. The van der Waals surface area contributed by atoms with Gasteiger partial charge in [0.05, 0.1) is 22.9 Å². The van der Waals surface area contributed by atoms with Crippen molar-refractivity contribution in [1.29, 1.82) is 0 Å². The van der Waals surface area contributed by atoms with Gasteiger partial charge in [0.25, 0.3) is 24.2 Å². The molecule has 17 heteroatoms. The van der Waals surface area contributed by atoms with Gasteiger partial charge in [0.2, 0.25) is 5.91 Å².